The Bertz CT molecular complexity index is 226. The van der Waals surface area contributed by atoms with E-state index in [1.54, 1.807) is 0 Å². The van der Waals surface area contributed by atoms with Gasteiger partial charge in [0.15, 0.2) is 0 Å². The van der Waals surface area contributed by atoms with Crippen molar-refractivity contribution in [3.8, 4) is 0 Å². The minimum atomic E-state index is 0.129. The number of nitrogens with zero attached hydrogens (tertiary/aromatic N) is 1. The number of carbonyl (C=O) groups excluding carboxylic acids is 1. The highest BCUT2D eigenvalue weighted by Gasteiger charge is 2.41. The Morgan fingerprint density at radius 3 is 2.54 bits per heavy atom. The third-order valence-electron chi connectivity index (χ3n) is 2.90. The minimum Gasteiger partial charge on any atom is -0.333 e. The lowest BCUT2D eigenvalue weighted by molar-refractivity contribution is 0.162. The SMILES string of the molecule is CC1(C)SCC1NC(=O)N1CCC1. The van der Waals surface area contributed by atoms with Gasteiger partial charge in [-0.15, -0.1) is 0 Å². The molecular formula is C9H16N2OS. The molecule has 0 radical (unpaired) electrons. The predicted molar refractivity (Wildman–Crippen MR) is 55.0 cm³/mol. The number of hydrogen-bond donors (Lipinski definition) is 1. The maximum absolute atomic E-state index is 11.5. The maximum atomic E-state index is 11.5. The summed E-state index contributed by atoms with van der Waals surface area (Å²) in [6.07, 6.45) is 1.16. The van der Waals surface area contributed by atoms with Crippen molar-refractivity contribution in [1.29, 1.82) is 0 Å². The van der Waals surface area contributed by atoms with Gasteiger partial charge in [-0.05, 0) is 20.3 Å². The van der Waals surface area contributed by atoms with Gasteiger partial charge in [0.2, 0.25) is 0 Å². The molecule has 2 aliphatic heterocycles. The highest BCUT2D eigenvalue weighted by Crippen LogP contribution is 2.39. The Morgan fingerprint density at radius 2 is 2.23 bits per heavy atom. The van der Waals surface area contributed by atoms with E-state index < -0.39 is 0 Å². The van der Waals surface area contributed by atoms with Crippen molar-refractivity contribution in [3.63, 3.8) is 0 Å². The van der Waals surface area contributed by atoms with Crippen molar-refractivity contribution in [2.24, 2.45) is 0 Å². The van der Waals surface area contributed by atoms with Crippen LogP contribution in [0.5, 0.6) is 0 Å². The van der Waals surface area contributed by atoms with Crippen LogP contribution in [0.1, 0.15) is 20.3 Å². The Labute approximate surface area is 83.2 Å². The summed E-state index contributed by atoms with van der Waals surface area (Å²) in [5.74, 6) is 1.06. The van der Waals surface area contributed by atoms with E-state index in [-0.39, 0.29) is 10.8 Å². The molecule has 2 rings (SSSR count). The lowest BCUT2D eigenvalue weighted by Gasteiger charge is -2.45. The first-order valence-electron chi connectivity index (χ1n) is 4.79. The summed E-state index contributed by atoms with van der Waals surface area (Å²) in [7, 11) is 0. The fourth-order valence-corrected chi connectivity index (χ4v) is 2.62. The standard InChI is InChI=1S/C9H16N2OS/c1-9(2)7(6-13-9)10-8(12)11-4-3-5-11/h7H,3-6H2,1-2H3,(H,10,12). The second-order valence-corrected chi connectivity index (χ2v) is 5.93. The molecule has 2 saturated heterocycles. The van der Waals surface area contributed by atoms with E-state index in [2.05, 4.69) is 19.2 Å². The van der Waals surface area contributed by atoms with Gasteiger partial charge < -0.3 is 10.2 Å². The molecule has 2 aliphatic rings. The zero-order chi connectivity index (χ0) is 9.47. The molecule has 1 N–H and O–H groups in total. The van der Waals surface area contributed by atoms with E-state index in [4.69, 9.17) is 0 Å². The molecule has 2 fully saturated rings. The molecule has 1 unspecified atom stereocenters. The van der Waals surface area contributed by atoms with Crippen LogP contribution in [-0.4, -0.2) is 40.6 Å². The highest BCUT2D eigenvalue weighted by atomic mass is 32.2. The molecular weight excluding hydrogens is 184 g/mol. The first-order chi connectivity index (χ1) is 6.09. The van der Waals surface area contributed by atoms with Crippen LogP contribution in [0, 0.1) is 0 Å². The van der Waals surface area contributed by atoms with Crippen molar-refractivity contribution < 1.29 is 4.79 Å². The van der Waals surface area contributed by atoms with Crippen molar-refractivity contribution in [2.45, 2.75) is 31.1 Å². The number of amides is 2. The van der Waals surface area contributed by atoms with Gasteiger partial charge in [-0.25, -0.2) is 4.79 Å². The fraction of sp³-hybridized carbons (Fsp3) is 0.889. The smallest absolute Gasteiger partial charge is 0.317 e. The summed E-state index contributed by atoms with van der Waals surface area (Å²) in [5, 5.41) is 3.07. The van der Waals surface area contributed by atoms with Gasteiger partial charge in [-0.3, -0.25) is 0 Å². The predicted octanol–water partition coefficient (Wildman–Crippen LogP) is 1.30. The van der Waals surface area contributed by atoms with Gasteiger partial charge in [0.05, 0.1) is 6.04 Å². The third-order valence-corrected chi connectivity index (χ3v) is 4.43. The number of thioether (sulfide) groups is 1. The third kappa shape index (κ3) is 1.64. The lowest BCUT2D eigenvalue weighted by atomic mass is 10.0. The van der Waals surface area contributed by atoms with E-state index in [1.165, 1.54) is 0 Å². The molecule has 0 aliphatic carbocycles. The van der Waals surface area contributed by atoms with Crippen LogP contribution in [-0.2, 0) is 0 Å². The normalized spacial score (nSPS) is 30.3. The summed E-state index contributed by atoms with van der Waals surface area (Å²) < 4.78 is 0.237. The summed E-state index contributed by atoms with van der Waals surface area (Å²) in [6.45, 7) is 6.24. The average molecular weight is 200 g/mol. The van der Waals surface area contributed by atoms with Crippen LogP contribution in [0.2, 0.25) is 0 Å². The Morgan fingerprint density at radius 1 is 1.54 bits per heavy atom. The number of urea groups is 1. The van der Waals surface area contributed by atoms with Crippen LogP contribution in [0.25, 0.3) is 0 Å². The molecule has 1 atom stereocenters. The minimum absolute atomic E-state index is 0.129. The van der Waals surface area contributed by atoms with Crippen molar-refractivity contribution in [1.82, 2.24) is 10.2 Å². The largest absolute Gasteiger partial charge is 0.333 e. The number of rotatable bonds is 1. The molecule has 2 heterocycles. The Hall–Kier alpha value is -0.380. The first kappa shape index (κ1) is 9.19. The van der Waals surface area contributed by atoms with Gasteiger partial charge in [0.1, 0.15) is 0 Å². The summed E-state index contributed by atoms with van der Waals surface area (Å²) in [6, 6.07) is 0.496. The van der Waals surface area contributed by atoms with E-state index in [0.717, 1.165) is 25.3 Å². The molecule has 0 aromatic heterocycles. The van der Waals surface area contributed by atoms with E-state index >= 15 is 0 Å². The van der Waals surface area contributed by atoms with Crippen LogP contribution in [0.15, 0.2) is 0 Å². The second-order valence-electron chi connectivity index (χ2n) is 4.26. The van der Waals surface area contributed by atoms with E-state index in [1.807, 2.05) is 16.7 Å². The maximum Gasteiger partial charge on any atom is 0.317 e. The molecule has 13 heavy (non-hydrogen) atoms. The van der Waals surface area contributed by atoms with Crippen LogP contribution < -0.4 is 5.32 Å². The van der Waals surface area contributed by atoms with Crippen molar-refractivity contribution in [3.05, 3.63) is 0 Å². The molecule has 2 amide bonds. The summed E-state index contributed by atoms with van der Waals surface area (Å²) >= 11 is 1.92. The first-order valence-corrected chi connectivity index (χ1v) is 5.77. The zero-order valence-corrected chi connectivity index (χ0v) is 8.99. The molecule has 0 spiro atoms. The summed E-state index contributed by atoms with van der Waals surface area (Å²) in [4.78, 5) is 13.4. The van der Waals surface area contributed by atoms with Gasteiger partial charge in [0, 0.05) is 23.6 Å². The lowest BCUT2D eigenvalue weighted by Crippen LogP contribution is -2.60. The van der Waals surface area contributed by atoms with Crippen molar-refractivity contribution >= 4 is 17.8 Å². The van der Waals surface area contributed by atoms with Crippen molar-refractivity contribution in [2.75, 3.05) is 18.8 Å². The van der Waals surface area contributed by atoms with Gasteiger partial charge >= 0.3 is 6.03 Å². The molecule has 4 heteroatoms. The molecule has 0 bridgehead atoms. The van der Waals surface area contributed by atoms with Crippen LogP contribution in [0.4, 0.5) is 4.79 Å². The Balaban J connectivity index is 1.80. The average Bonchev–Trinajstić information content (AvgIpc) is 1.95. The molecule has 0 aromatic carbocycles. The number of likely N-dealkylation sites (tertiary alicyclic amines) is 1. The Kier molecular flexibility index (Phi) is 2.18. The van der Waals surface area contributed by atoms with Gasteiger partial charge in [0.25, 0.3) is 0 Å². The second kappa shape index (κ2) is 3.08. The zero-order valence-electron chi connectivity index (χ0n) is 8.17. The van der Waals surface area contributed by atoms with Gasteiger partial charge in [-0.1, -0.05) is 0 Å². The monoisotopic (exact) mass is 200 g/mol. The number of hydrogen-bond acceptors (Lipinski definition) is 2. The van der Waals surface area contributed by atoms with Gasteiger partial charge in [-0.2, -0.15) is 11.8 Å². The molecule has 74 valence electrons. The molecule has 0 saturated carbocycles. The number of nitrogens with one attached hydrogen (secondary N) is 1. The fourth-order valence-electron chi connectivity index (χ4n) is 1.48. The van der Waals surface area contributed by atoms with Crippen LogP contribution >= 0.6 is 11.8 Å². The number of carbonyl (C=O) groups is 1. The quantitative estimate of drug-likeness (QED) is 0.692. The summed E-state index contributed by atoms with van der Waals surface area (Å²) in [5.41, 5.74) is 0. The van der Waals surface area contributed by atoms with Crippen LogP contribution in [0.3, 0.4) is 0 Å². The van der Waals surface area contributed by atoms with E-state index in [0.29, 0.717) is 6.04 Å². The highest BCUT2D eigenvalue weighted by molar-refractivity contribution is 8.02. The molecule has 0 aromatic rings. The molecule has 3 nitrogen and oxygen atoms in total. The van der Waals surface area contributed by atoms with E-state index in [9.17, 15) is 4.79 Å². The topological polar surface area (TPSA) is 32.3 Å².